The van der Waals surface area contributed by atoms with Crippen molar-refractivity contribution < 1.29 is 13.5 Å². The second kappa shape index (κ2) is 6.61. The zero-order valence-electron chi connectivity index (χ0n) is 14.2. The van der Waals surface area contributed by atoms with Crippen LogP contribution in [0.25, 0.3) is 16.9 Å². The third-order valence-electron chi connectivity index (χ3n) is 3.94. The summed E-state index contributed by atoms with van der Waals surface area (Å²) in [5, 5.41) is 24.0. The Bertz CT molecular complexity index is 1090. The van der Waals surface area contributed by atoms with E-state index >= 15 is 0 Å². The molecule has 0 fully saturated rings. The number of hydrogen-bond donors (Lipinski definition) is 1. The predicted octanol–water partition coefficient (Wildman–Crippen LogP) is 2.48. The van der Waals surface area contributed by atoms with Gasteiger partial charge in [0.15, 0.2) is 15.7 Å². The molecule has 26 heavy (non-hydrogen) atoms. The van der Waals surface area contributed by atoms with Gasteiger partial charge in [-0.25, -0.2) is 13.4 Å². The fourth-order valence-electron chi connectivity index (χ4n) is 2.58. The van der Waals surface area contributed by atoms with Crippen LogP contribution in [0.2, 0.25) is 0 Å². The van der Waals surface area contributed by atoms with Crippen LogP contribution in [0.5, 0.6) is 5.88 Å². The van der Waals surface area contributed by atoms with Gasteiger partial charge in [0, 0.05) is 12.5 Å². The lowest BCUT2D eigenvalue weighted by molar-refractivity contribution is 0.433. The number of aromatic nitrogens is 3. The normalized spacial score (nSPS) is 11.3. The van der Waals surface area contributed by atoms with E-state index in [-0.39, 0.29) is 10.8 Å². The van der Waals surface area contributed by atoms with Crippen LogP contribution in [-0.4, -0.2) is 34.5 Å². The van der Waals surface area contributed by atoms with Crippen molar-refractivity contribution in [2.45, 2.75) is 18.2 Å². The van der Waals surface area contributed by atoms with E-state index in [1.54, 1.807) is 24.3 Å². The van der Waals surface area contributed by atoms with Crippen molar-refractivity contribution in [1.29, 1.82) is 5.26 Å². The van der Waals surface area contributed by atoms with Gasteiger partial charge in [-0.2, -0.15) is 15.0 Å². The Labute approximate surface area is 151 Å². The molecule has 0 radical (unpaired) electrons. The van der Waals surface area contributed by atoms with Crippen LogP contribution in [0.3, 0.4) is 0 Å². The molecule has 0 unspecified atom stereocenters. The van der Waals surface area contributed by atoms with Crippen molar-refractivity contribution in [1.82, 2.24) is 14.8 Å². The highest BCUT2D eigenvalue weighted by Gasteiger charge is 2.20. The Balaban J connectivity index is 2.10. The highest BCUT2D eigenvalue weighted by Crippen LogP contribution is 2.34. The second-order valence-corrected chi connectivity index (χ2v) is 7.74. The zero-order chi connectivity index (χ0) is 18.9. The van der Waals surface area contributed by atoms with E-state index in [4.69, 9.17) is 5.26 Å². The van der Waals surface area contributed by atoms with Crippen LogP contribution in [0.1, 0.15) is 18.2 Å². The van der Waals surface area contributed by atoms with E-state index in [0.717, 1.165) is 11.8 Å². The van der Waals surface area contributed by atoms with Crippen LogP contribution in [-0.2, 0) is 16.3 Å². The zero-order valence-corrected chi connectivity index (χ0v) is 15.0. The maximum atomic E-state index is 11.6. The van der Waals surface area contributed by atoms with Crippen molar-refractivity contribution in [2.24, 2.45) is 0 Å². The summed E-state index contributed by atoms with van der Waals surface area (Å²) in [6.45, 7) is 1.92. The summed E-state index contributed by atoms with van der Waals surface area (Å²) < 4.78 is 24.4. The fraction of sp³-hybridized carbons (Fsp3) is 0.167. The van der Waals surface area contributed by atoms with Gasteiger partial charge in [-0.15, -0.1) is 0 Å². The minimum atomic E-state index is -3.35. The van der Waals surface area contributed by atoms with Gasteiger partial charge in [0.2, 0.25) is 5.88 Å². The maximum absolute atomic E-state index is 11.6. The average Bonchev–Trinajstić information content (AvgIpc) is 2.97. The molecule has 8 heteroatoms. The number of pyridine rings is 1. The van der Waals surface area contributed by atoms with Gasteiger partial charge in [-0.3, -0.25) is 0 Å². The topological polar surface area (TPSA) is 109 Å². The lowest BCUT2D eigenvalue weighted by Gasteiger charge is -2.05. The number of rotatable bonds is 4. The monoisotopic (exact) mass is 368 g/mol. The number of sulfone groups is 1. The first-order chi connectivity index (χ1) is 12.3. The number of aryl methyl sites for hydroxylation is 1. The highest BCUT2D eigenvalue weighted by molar-refractivity contribution is 7.90. The molecule has 3 rings (SSSR count). The summed E-state index contributed by atoms with van der Waals surface area (Å²) in [5.74, 6) is 0.218. The van der Waals surface area contributed by atoms with E-state index in [1.165, 1.54) is 23.0 Å². The molecule has 0 saturated carbocycles. The first kappa shape index (κ1) is 17.6. The van der Waals surface area contributed by atoms with E-state index in [9.17, 15) is 13.5 Å². The Hall–Kier alpha value is -3.18. The molecule has 0 aliphatic heterocycles. The van der Waals surface area contributed by atoms with Crippen LogP contribution in [0, 0.1) is 11.3 Å². The molecule has 0 spiro atoms. The van der Waals surface area contributed by atoms with Gasteiger partial charge in [0.05, 0.1) is 27.8 Å². The first-order valence-corrected chi connectivity index (χ1v) is 9.72. The van der Waals surface area contributed by atoms with Crippen molar-refractivity contribution in [2.75, 3.05) is 6.26 Å². The molecule has 0 saturated heterocycles. The van der Waals surface area contributed by atoms with Gasteiger partial charge in [0.1, 0.15) is 0 Å². The second-order valence-electron chi connectivity index (χ2n) is 5.72. The third kappa shape index (κ3) is 3.17. The Morgan fingerprint density at radius 2 is 1.88 bits per heavy atom. The van der Waals surface area contributed by atoms with Gasteiger partial charge in [-0.1, -0.05) is 19.1 Å². The minimum Gasteiger partial charge on any atom is -0.493 e. The molecule has 3 aromatic rings. The van der Waals surface area contributed by atoms with Crippen molar-refractivity contribution in [3.05, 3.63) is 53.9 Å². The average molecular weight is 368 g/mol. The molecular formula is C18H16N4O3S. The quantitative estimate of drug-likeness (QED) is 0.758. The number of benzene rings is 1. The van der Waals surface area contributed by atoms with E-state index < -0.39 is 9.84 Å². The summed E-state index contributed by atoms with van der Waals surface area (Å²) in [6, 6.07) is 11.8. The Morgan fingerprint density at radius 1 is 1.19 bits per heavy atom. The summed E-state index contributed by atoms with van der Waals surface area (Å²) >= 11 is 0. The largest absolute Gasteiger partial charge is 0.493 e. The molecule has 0 aliphatic carbocycles. The van der Waals surface area contributed by atoms with Gasteiger partial charge < -0.3 is 5.11 Å². The maximum Gasteiger partial charge on any atom is 0.224 e. The van der Waals surface area contributed by atoms with Crippen molar-refractivity contribution in [3.63, 3.8) is 0 Å². The first-order valence-electron chi connectivity index (χ1n) is 7.83. The van der Waals surface area contributed by atoms with Crippen LogP contribution in [0.4, 0.5) is 0 Å². The van der Waals surface area contributed by atoms with Gasteiger partial charge >= 0.3 is 0 Å². The molecular weight excluding hydrogens is 352 g/mol. The Morgan fingerprint density at radius 3 is 2.38 bits per heavy atom. The molecule has 2 aromatic heterocycles. The summed E-state index contributed by atoms with van der Waals surface area (Å²) in [5.41, 5.74) is 2.49. The number of nitriles is 1. The molecule has 0 atom stereocenters. The minimum absolute atomic E-state index is 0.0915. The van der Waals surface area contributed by atoms with Crippen LogP contribution >= 0.6 is 0 Å². The van der Waals surface area contributed by atoms with E-state index in [1.807, 2.05) is 6.92 Å². The fourth-order valence-corrected chi connectivity index (χ4v) is 3.14. The summed E-state index contributed by atoms with van der Waals surface area (Å²) in [7, 11) is -3.35. The third-order valence-corrected chi connectivity index (χ3v) is 5.03. The van der Waals surface area contributed by atoms with Gasteiger partial charge in [0.25, 0.3) is 0 Å². The summed E-state index contributed by atoms with van der Waals surface area (Å²) in [4.78, 5) is 4.20. The molecule has 0 aliphatic rings. The Kier molecular flexibility index (Phi) is 4.49. The lowest BCUT2D eigenvalue weighted by atomic mass is 10.0. The molecule has 0 bridgehead atoms. The molecule has 1 aromatic carbocycles. The molecule has 2 heterocycles. The molecule has 0 amide bonds. The predicted molar refractivity (Wildman–Crippen MR) is 95.7 cm³/mol. The molecule has 1 N–H and O–H groups in total. The number of aromatic hydroxyl groups is 1. The SMILES string of the molecule is CCc1nn(-c2ccc(S(C)(=O)=O)cn2)c(O)c1-c1ccc(C#N)cc1. The van der Waals surface area contributed by atoms with E-state index in [0.29, 0.717) is 29.1 Å². The van der Waals surface area contributed by atoms with Crippen molar-refractivity contribution in [3.8, 4) is 28.9 Å². The smallest absolute Gasteiger partial charge is 0.224 e. The summed E-state index contributed by atoms with van der Waals surface area (Å²) in [6.07, 6.45) is 2.92. The van der Waals surface area contributed by atoms with Crippen molar-refractivity contribution >= 4 is 9.84 Å². The van der Waals surface area contributed by atoms with Gasteiger partial charge in [-0.05, 0) is 36.2 Å². The number of hydrogen-bond acceptors (Lipinski definition) is 6. The number of nitrogens with zero attached hydrogens (tertiary/aromatic N) is 4. The standard InChI is InChI=1S/C18H16N4O3S/c1-3-15-17(13-6-4-12(10-19)5-7-13)18(23)22(21-15)16-9-8-14(11-20-16)26(2,24)25/h4-9,11,23H,3H2,1-2H3. The lowest BCUT2D eigenvalue weighted by Crippen LogP contribution is -2.03. The molecule has 7 nitrogen and oxygen atoms in total. The molecule has 132 valence electrons. The highest BCUT2D eigenvalue weighted by atomic mass is 32.2. The van der Waals surface area contributed by atoms with Crippen LogP contribution in [0.15, 0.2) is 47.5 Å². The van der Waals surface area contributed by atoms with E-state index in [2.05, 4.69) is 16.2 Å². The van der Waals surface area contributed by atoms with Crippen LogP contribution < -0.4 is 0 Å².